The van der Waals surface area contributed by atoms with Gasteiger partial charge >= 0.3 is 6.09 Å². The third kappa shape index (κ3) is 5.59. The Balaban J connectivity index is 1.89. The van der Waals surface area contributed by atoms with Gasteiger partial charge in [-0.3, -0.25) is 9.78 Å². The van der Waals surface area contributed by atoms with E-state index in [1.165, 1.54) is 0 Å². The summed E-state index contributed by atoms with van der Waals surface area (Å²) < 4.78 is 8.36. The van der Waals surface area contributed by atoms with E-state index < -0.39 is 6.09 Å². The van der Waals surface area contributed by atoms with Crippen LogP contribution in [0.15, 0.2) is 39.9 Å². The molecule has 2 unspecified atom stereocenters. The quantitative estimate of drug-likeness (QED) is 0.425. The van der Waals surface area contributed by atoms with E-state index in [1.54, 1.807) is 24.0 Å². The van der Waals surface area contributed by atoms with Crippen molar-refractivity contribution in [2.24, 2.45) is 18.4 Å². The fraction of sp³-hybridized carbons (Fsp3) is 0.458. The van der Waals surface area contributed by atoms with Crippen LogP contribution in [0.3, 0.4) is 0 Å². The number of hydrogen-bond donors (Lipinski definition) is 2. The minimum Gasteiger partial charge on any atom is -0.490 e. The fourth-order valence-electron chi connectivity index (χ4n) is 4.38. The lowest BCUT2D eigenvalue weighted by Crippen LogP contribution is -2.39. The number of fused-ring (bicyclic) bond motifs is 3. The smallest absolute Gasteiger partial charge is 0.404 e. The van der Waals surface area contributed by atoms with Crippen molar-refractivity contribution in [2.75, 3.05) is 6.61 Å². The summed E-state index contributed by atoms with van der Waals surface area (Å²) in [6.07, 6.45) is 3.83. The Bertz CT molecular complexity index is 1200. The highest BCUT2D eigenvalue weighted by Crippen LogP contribution is 2.33. The van der Waals surface area contributed by atoms with Crippen molar-refractivity contribution in [2.45, 2.75) is 46.6 Å². The van der Waals surface area contributed by atoms with Gasteiger partial charge in [0.25, 0.3) is 5.56 Å². The van der Waals surface area contributed by atoms with Crippen LogP contribution in [0.5, 0.6) is 5.75 Å². The maximum absolute atomic E-state index is 12.8. The van der Waals surface area contributed by atoms with Gasteiger partial charge in [0, 0.05) is 30.9 Å². The van der Waals surface area contributed by atoms with Crippen molar-refractivity contribution in [1.82, 2.24) is 14.9 Å². The number of carbonyl (C=O) groups is 1. The second-order valence-electron chi connectivity index (χ2n) is 9.65. The van der Waals surface area contributed by atoms with Crippen LogP contribution < -0.4 is 15.6 Å². The molecule has 172 valence electrons. The Morgan fingerprint density at radius 3 is 2.66 bits per heavy atom. The number of nitrogens with one attached hydrogen (secondary N) is 1. The van der Waals surface area contributed by atoms with Gasteiger partial charge in [-0.05, 0) is 57.6 Å². The first-order chi connectivity index (χ1) is 15.0. The van der Waals surface area contributed by atoms with Crippen LogP contribution in [0.2, 0.25) is 0 Å². The zero-order valence-electron chi connectivity index (χ0n) is 19.1. The van der Waals surface area contributed by atoms with E-state index in [2.05, 4.69) is 53.9 Å². The van der Waals surface area contributed by atoms with Crippen molar-refractivity contribution in [1.29, 1.82) is 0 Å². The Hall–Kier alpha value is -2.61. The third-order valence-electron chi connectivity index (χ3n) is 5.47. The van der Waals surface area contributed by atoms with Crippen LogP contribution in [0, 0.1) is 11.3 Å². The van der Waals surface area contributed by atoms with Crippen molar-refractivity contribution < 1.29 is 14.6 Å². The normalized spacial score (nSPS) is 13.8. The molecular formula is C24H30BrN3O4. The van der Waals surface area contributed by atoms with E-state index in [-0.39, 0.29) is 23.6 Å². The molecule has 32 heavy (non-hydrogen) atoms. The second-order valence-corrected chi connectivity index (χ2v) is 10.5. The van der Waals surface area contributed by atoms with Crippen LogP contribution in [0.25, 0.3) is 21.7 Å². The minimum atomic E-state index is -1.07. The van der Waals surface area contributed by atoms with Crippen LogP contribution in [-0.2, 0) is 7.05 Å². The van der Waals surface area contributed by atoms with Crippen molar-refractivity contribution in [3.05, 3.63) is 45.4 Å². The molecule has 2 heterocycles. The number of halogens is 1. The molecule has 2 aromatic heterocycles. The van der Waals surface area contributed by atoms with E-state index in [1.807, 2.05) is 18.2 Å². The number of benzene rings is 1. The molecule has 1 aromatic carbocycles. The van der Waals surface area contributed by atoms with Gasteiger partial charge in [-0.25, -0.2) is 4.79 Å². The minimum absolute atomic E-state index is 0.129. The van der Waals surface area contributed by atoms with E-state index in [9.17, 15) is 14.7 Å². The Morgan fingerprint density at radius 2 is 2.00 bits per heavy atom. The molecule has 0 aliphatic heterocycles. The summed E-state index contributed by atoms with van der Waals surface area (Å²) in [5.74, 6) is 0.887. The van der Waals surface area contributed by atoms with Gasteiger partial charge in [-0.2, -0.15) is 0 Å². The first kappa shape index (κ1) is 24.0. The summed E-state index contributed by atoms with van der Waals surface area (Å²) in [6, 6.07) is 5.22. The highest BCUT2D eigenvalue weighted by Gasteiger charge is 2.21. The predicted octanol–water partition coefficient (Wildman–Crippen LogP) is 5.33. The molecular weight excluding hydrogens is 474 g/mol. The largest absolute Gasteiger partial charge is 0.490 e. The maximum Gasteiger partial charge on any atom is 0.404 e. The number of hydrogen-bond acceptors (Lipinski definition) is 4. The lowest BCUT2D eigenvalue weighted by Gasteiger charge is -2.27. The van der Waals surface area contributed by atoms with Crippen LogP contribution in [0.4, 0.5) is 4.79 Å². The lowest BCUT2D eigenvalue weighted by atomic mass is 9.83. The van der Waals surface area contributed by atoms with E-state index in [0.717, 1.165) is 27.2 Å². The molecule has 7 nitrogen and oxygen atoms in total. The SMILES string of the molecule is CC(CC(COc1cc2c(cc1Br)c1ccncc1c(=O)n2C)NC(=O)O)CC(C)(C)C. The Morgan fingerprint density at radius 1 is 1.28 bits per heavy atom. The number of pyridine rings is 2. The van der Waals surface area contributed by atoms with Gasteiger partial charge in [0.15, 0.2) is 0 Å². The van der Waals surface area contributed by atoms with Gasteiger partial charge in [0.05, 0.1) is 21.4 Å². The maximum atomic E-state index is 12.8. The zero-order valence-corrected chi connectivity index (χ0v) is 20.7. The number of ether oxygens (including phenoxy) is 1. The Labute approximate surface area is 195 Å². The molecule has 0 bridgehead atoms. The van der Waals surface area contributed by atoms with Crippen LogP contribution >= 0.6 is 15.9 Å². The molecule has 3 aromatic rings. The van der Waals surface area contributed by atoms with Gasteiger partial charge in [0.2, 0.25) is 0 Å². The molecule has 0 radical (unpaired) electrons. The molecule has 0 fully saturated rings. The van der Waals surface area contributed by atoms with Crippen LogP contribution in [0.1, 0.15) is 40.5 Å². The number of carboxylic acid groups (broad SMARTS) is 1. The van der Waals surface area contributed by atoms with Gasteiger partial charge in [-0.1, -0.05) is 27.7 Å². The molecule has 0 saturated heterocycles. The predicted molar refractivity (Wildman–Crippen MR) is 130 cm³/mol. The van der Waals surface area contributed by atoms with Crippen molar-refractivity contribution in [3.63, 3.8) is 0 Å². The van der Waals surface area contributed by atoms with Gasteiger partial charge in [0.1, 0.15) is 12.4 Å². The second kappa shape index (κ2) is 9.48. The fourth-order valence-corrected chi connectivity index (χ4v) is 4.84. The average Bonchev–Trinajstić information content (AvgIpc) is 2.68. The number of rotatable bonds is 7. The summed E-state index contributed by atoms with van der Waals surface area (Å²) in [4.78, 5) is 28.1. The summed E-state index contributed by atoms with van der Waals surface area (Å²) in [7, 11) is 1.72. The molecule has 2 atom stereocenters. The topological polar surface area (TPSA) is 93.5 Å². The van der Waals surface area contributed by atoms with E-state index >= 15 is 0 Å². The third-order valence-corrected chi connectivity index (χ3v) is 6.09. The first-order valence-corrected chi connectivity index (χ1v) is 11.4. The number of amides is 1. The van der Waals surface area contributed by atoms with E-state index in [4.69, 9.17) is 4.74 Å². The highest BCUT2D eigenvalue weighted by molar-refractivity contribution is 9.10. The average molecular weight is 504 g/mol. The molecule has 0 saturated carbocycles. The molecule has 2 N–H and O–H groups in total. The van der Waals surface area contributed by atoms with E-state index in [0.29, 0.717) is 23.5 Å². The molecule has 0 aliphatic carbocycles. The molecule has 3 rings (SSSR count). The summed E-state index contributed by atoms with van der Waals surface area (Å²) in [5.41, 5.74) is 0.768. The monoisotopic (exact) mass is 503 g/mol. The standard InChI is InChI=1S/C24H30BrN3O4/c1-14(11-24(2,3)4)8-15(27-23(30)31)13-32-21-10-20-17(9-19(21)25)16-6-7-26-12-18(16)22(29)28(20)5/h6-7,9-10,12,14-15,27H,8,11,13H2,1-5H3,(H,30,31). The number of aromatic nitrogens is 2. The molecule has 8 heteroatoms. The first-order valence-electron chi connectivity index (χ1n) is 10.6. The summed E-state index contributed by atoms with van der Waals surface area (Å²) in [5, 5.41) is 14.1. The molecule has 0 aliphatic rings. The molecule has 1 amide bonds. The number of aryl methyl sites for hydroxylation is 1. The summed E-state index contributed by atoms with van der Waals surface area (Å²) in [6.45, 7) is 8.85. The van der Waals surface area contributed by atoms with Gasteiger partial charge in [-0.15, -0.1) is 0 Å². The van der Waals surface area contributed by atoms with Crippen molar-refractivity contribution >= 4 is 43.7 Å². The van der Waals surface area contributed by atoms with Gasteiger partial charge < -0.3 is 19.7 Å². The Kier molecular flexibility index (Phi) is 7.12. The molecule has 0 spiro atoms. The highest BCUT2D eigenvalue weighted by atomic mass is 79.9. The van der Waals surface area contributed by atoms with Crippen LogP contribution in [-0.4, -0.2) is 33.4 Å². The summed E-state index contributed by atoms with van der Waals surface area (Å²) >= 11 is 3.57. The zero-order chi connectivity index (χ0) is 23.6. The lowest BCUT2D eigenvalue weighted by molar-refractivity contribution is 0.172. The van der Waals surface area contributed by atoms with Crippen molar-refractivity contribution in [3.8, 4) is 5.75 Å². The number of nitrogens with zero attached hydrogens (tertiary/aromatic N) is 2.